The lowest BCUT2D eigenvalue weighted by molar-refractivity contribution is -0.384. The summed E-state index contributed by atoms with van der Waals surface area (Å²) in [6.45, 7) is 2.27. The van der Waals surface area contributed by atoms with Crippen LogP contribution in [0.2, 0.25) is 0 Å². The highest BCUT2D eigenvalue weighted by molar-refractivity contribution is 5.93. The molecular formula is C20H29N3O6. The number of amides is 1. The van der Waals surface area contributed by atoms with E-state index in [4.69, 9.17) is 9.47 Å². The lowest BCUT2D eigenvalue weighted by Crippen LogP contribution is -2.41. The Balaban J connectivity index is 1.98. The van der Waals surface area contributed by atoms with Crippen molar-refractivity contribution in [2.45, 2.75) is 57.6 Å². The number of esters is 1. The van der Waals surface area contributed by atoms with Crippen molar-refractivity contribution < 1.29 is 24.0 Å². The van der Waals surface area contributed by atoms with Gasteiger partial charge in [-0.3, -0.25) is 14.9 Å². The van der Waals surface area contributed by atoms with Crippen LogP contribution < -0.4 is 10.6 Å². The molecule has 1 aliphatic rings. The Hall–Kier alpha value is -2.68. The molecule has 1 amide bonds. The third-order valence-corrected chi connectivity index (χ3v) is 4.91. The average molecular weight is 407 g/mol. The first-order valence-corrected chi connectivity index (χ1v) is 9.95. The molecule has 1 aromatic rings. The maximum absolute atomic E-state index is 12.4. The maximum Gasteiger partial charge on any atom is 0.339 e. The van der Waals surface area contributed by atoms with Crippen molar-refractivity contribution in [3.63, 3.8) is 0 Å². The number of methoxy groups -OCH3 is 1. The van der Waals surface area contributed by atoms with Crippen LogP contribution in [0.25, 0.3) is 0 Å². The van der Waals surface area contributed by atoms with Crippen LogP contribution in [-0.4, -0.2) is 49.2 Å². The molecule has 9 heteroatoms. The number of anilines is 1. The van der Waals surface area contributed by atoms with Gasteiger partial charge in [-0.25, -0.2) is 4.79 Å². The minimum absolute atomic E-state index is 0.0168. The van der Waals surface area contributed by atoms with E-state index in [1.165, 1.54) is 39.0 Å². The zero-order valence-corrected chi connectivity index (χ0v) is 16.9. The lowest BCUT2D eigenvalue weighted by Gasteiger charge is -2.19. The second kappa shape index (κ2) is 11.4. The van der Waals surface area contributed by atoms with Crippen LogP contribution in [0, 0.1) is 10.1 Å². The Bertz CT molecular complexity index is 716. The Morgan fingerprint density at radius 2 is 1.93 bits per heavy atom. The van der Waals surface area contributed by atoms with E-state index in [9.17, 15) is 19.7 Å². The van der Waals surface area contributed by atoms with Gasteiger partial charge in [0.25, 0.3) is 11.6 Å². The summed E-state index contributed by atoms with van der Waals surface area (Å²) in [5.41, 5.74) is 0.0528. The van der Waals surface area contributed by atoms with Crippen molar-refractivity contribution >= 4 is 23.3 Å². The van der Waals surface area contributed by atoms with Crippen LogP contribution in [0.15, 0.2) is 18.2 Å². The van der Waals surface area contributed by atoms with E-state index < -0.39 is 17.0 Å². The fraction of sp³-hybridized carbons (Fsp3) is 0.600. The van der Waals surface area contributed by atoms with E-state index in [1.807, 2.05) is 0 Å². The highest BCUT2D eigenvalue weighted by Gasteiger charge is 2.24. The molecule has 0 bridgehead atoms. The summed E-state index contributed by atoms with van der Waals surface area (Å²) in [4.78, 5) is 35.5. The Morgan fingerprint density at radius 3 is 2.55 bits per heavy atom. The molecule has 9 nitrogen and oxygen atoms in total. The van der Waals surface area contributed by atoms with E-state index >= 15 is 0 Å². The molecule has 1 saturated carbocycles. The van der Waals surface area contributed by atoms with Crippen LogP contribution in [0.3, 0.4) is 0 Å². The molecule has 0 saturated heterocycles. The summed E-state index contributed by atoms with van der Waals surface area (Å²) in [6.07, 6.45) is 5.37. The van der Waals surface area contributed by atoms with E-state index in [2.05, 4.69) is 10.6 Å². The van der Waals surface area contributed by atoms with Gasteiger partial charge in [0.2, 0.25) is 0 Å². The number of ether oxygens (including phenoxy) is 2. The highest BCUT2D eigenvalue weighted by atomic mass is 16.6. The molecule has 0 unspecified atom stereocenters. The number of hydrogen-bond donors (Lipinski definition) is 2. The second-order valence-electron chi connectivity index (χ2n) is 7.15. The van der Waals surface area contributed by atoms with Crippen molar-refractivity contribution in [3.05, 3.63) is 33.9 Å². The fourth-order valence-corrected chi connectivity index (χ4v) is 3.27. The summed E-state index contributed by atoms with van der Waals surface area (Å²) in [5, 5.41) is 17.2. The number of benzene rings is 1. The van der Waals surface area contributed by atoms with Gasteiger partial charge in [-0.05, 0) is 31.9 Å². The standard InChI is InChI=1S/C20H29N3O6/c1-14(19(24)22-16-7-5-3-4-6-8-16)29-20(25)15-9-10-17(21-11-12-28-2)18(13-15)23(26)27/h9-10,13-14,16,21H,3-8,11-12H2,1-2H3,(H,22,24)/t14-/m0/s1. The number of nitrogens with one attached hydrogen (secondary N) is 2. The number of nitrogens with zero attached hydrogens (tertiary/aromatic N) is 1. The zero-order valence-electron chi connectivity index (χ0n) is 16.9. The van der Waals surface area contributed by atoms with Crippen LogP contribution in [-0.2, 0) is 14.3 Å². The number of rotatable bonds is 9. The number of hydrogen-bond acceptors (Lipinski definition) is 7. The van der Waals surface area contributed by atoms with Crippen LogP contribution in [0.1, 0.15) is 55.8 Å². The van der Waals surface area contributed by atoms with Gasteiger partial charge in [0, 0.05) is 25.8 Å². The maximum atomic E-state index is 12.4. The molecule has 0 heterocycles. The second-order valence-corrected chi connectivity index (χ2v) is 7.15. The number of carbonyl (C=O) groups excluding carboxylic acids is 2. The molecule has 1 aliphatic carbocycles. The Labute approximate surface area is 170 Å². The normalized spacial score (nSPS) is 15.8. The summed E-state index contributed by atoms with van der Waals surface area (Å²) in [7, 11) is 1.53. The molecule has 29 heavy (non-hydrogen) atoms. The molecule has 0 aromatic heterocycles. The minimum Gasteiger partial charge on any atom is -0.449 e. The topological polar surface area (TPSA) is 120 Å². The van der Waals surface area contributed by atoms with Crippen molar-refractivity contribution in [2.75, 3.05) is 25.6 Å². The molecule has 2 N–H and O–H groups in total. The minimum atomic E-state index is -0.982. The van der Waals surface area contributed by atoms with Crippen LogP contribution in [0.5, 0.6) is 0 Å². The largest absolute Gasteiger partial charge is 0.449 e. The number of carbonyl (C=O) groups is 2. The predicted octanol–water partition coefficient (Wildman–Crippen LogP) is 3.04. The first-order valence-electron chi connectivity index (χ1n) is 9.95. The highest BCUT2D eigenvalue weighted by Crippen LogP contribution is 2.26. The third-order valence-electron chi connectivity index (χ3n) is 4.91. The summed E-state index contributed by atoms with van der Waals surface area (Å²) in [6, 6.07) is 4.12. The predicted molar refractivity (Wildman–Crippen MR) is 108 cm³/mol. The smallest absolute Gasteiger partial charge is 0.339 e. The van der Waals surface area contributed by atoms with Gasteiger partial charge in [0.05, 0.1) is 17.1 Å². The van der Waals surface area contributed by atoms with Gasteiger partial charge < -0.3 is 20.1 Å². The SMILES string of the molecule is COCCNc1ccc(C(=O)O[C@@H](C)C(=O)NC2CCCCCC2)cc1[N+](=O)[O-]. The molecule has 0 spiro atoms. The number of nitro groups is 1. The van der Waals surface area contributed by atoms with Crippen molar-refractivity contribution in [3.8, 4) is 0 Å². The van der Waals surface area contributed by atoms with Gasteiger partial charge in [-0.2, -0.15) is 0 Å². The van der Waals surface area contributed by atoms with E-state index in [0.29, 0.717) is 13.2 Å². The van der Waals surface area contributed by atoms with Crippen LogP contribution in [0.4, 0.5) is 11.4 Å². The Morgan fingerprint density at radius 1 is 1.24 bits per heavy atom. The zero-order chi connectivity index (χ0) is 21.2. The van der Waals surface area contributed by atoms with E-state index in [1.54, 1.807) is 0 Å². The average Bonchev–Trinajstić information content (AvgIpc) is 2.96. The Kier molecular flexibility index (Phi) is 8.85. The van der Waals surface area contributed by atoms with Gasteiger partial charge in [-0.1, -0.05) is 25.7 Å². The third kappa shape index (κ3) is 7.01. The molecule has 1 fully saturated rings. The van der Waals surface area contributed by atoms with Gasteiger partial charge in [0.15, 0.2) is 6.10 Å². The quantitative estimate of drug-likeness (QED) is 0.212. The van der Waals surface area contributed by atoms with Crippen molar-refractivity contribution in [1.82, 2.24) is 5.32 Å². The van der Waals surface area contributed by atoms with Crippen molar-refractivity contribution in [1.29, 1.82) is 0 Å². The summed E-state index contributed by atoms with van der Waals surface area (Å²) < 4.78 is 10.1. The lowest BCUT2D eigenvalue weighted by atomic mass is 10.1. The van der Waals surface area contributed by atoms with Gasteiger partial charge in [0.1, 0.15) is 5.69 Å². The molecule has 160 valence electrons. The summed E-state index contributed by atoms with van der Waals surface area (Å²) >= 11 is 0. The first kappa shape index (κ1) is 22.6. The fourth-order valence-electron chi connectivity index (χ4n) is 3.27. The molecule has 1 atom stereocenters. The molecule has 1 aromatic carbocycles. The van der Waals surface area contributed by atoms with Gasteiger partial charge in [-0.15, -0.1) is 0 Å². The van der Waals surface area contributed by atoms with E-state index in [0.717, 1.165) is 31.7 Å². The number of nitro benzene ring substituents is 1. The summed E-state index contributed by atoms with van der Waals surface area (Å²) in [5.74, 6) is -1.13. The van der Waals surface area contributed by atoms with Crippen molar-refractivity contribution in [2.24, 2.45) is 0 Å². The molecule has 0 aliphatic heterocycles. The molecular weight excluding hydrogens is 378 g/mol. The monoisotopic (exact) mass is 407 g/mol. The molecule has 2 rings (SSSR count). The first-order chi connectivity index (χ1) is 13.9. The van der Waals surface area contributed by atoms with E-state index in [-0.39, 0.29) is 28.9 Å². The molecule has 0 radical (unpaired) electrons. The van der Waals surface area contributed by atoms with Crippen LogP contribution >= 0.6 is 0 Å². The van der Waals surface area contributed by atoms with Gasteiger partial charge >= 0.3 is 5.97 Å².